The molecule has 0 unspecified atom stereocenters. The van der Waals surface area contributed by atoms with Crippen molar-refractivity contribution in [2.45, 2.75) is 24.3 Å². The SMILES string of the molecule is CS(=O)(=O)N(CC(=O)Nc1ccc(S(=O)(=O)N2CCCC2)cc1)Cc1ccccc1Cl. The van der Waals surface area contributed by atoms with Gasteiger partial charge in [-0.1, -0.05) is 29.8 Å². The molecule has 0 saturated carbocycles. The van der Waals surface area contributed by atoms with Crippen LogP contribution in [0.3, 0.4) is 0 Å². The van der Waals surface area contributed by atoms with E-state index in [1.165, 1.54) is 28.6 Å². The molecule has 1 fully saturated rings. The minimum absolute atomic E-state index is 0.0427. The summed E-state index contributed by atoms with van der Waals surface area (Å²) < 4.78 is 51.9. The molecule has 1 amide bonds. The average molecular weight is 486 g/mol. The van der Waals surface area contributed by atoms with E-state index in [1.807, 2.05) is 0 Å². The number of carbonyl (C=O) groups is 1. The summed E-state index contributed by atoms with van der Waals surface area (Å²) in [6.45, 7) is 0.567. The molecule has 0 aromatic heterocycles. The van der Waals surface area contributed by atoms with Crippen molar-refractivity contribution in [1.82, 2.24) is 8.61 Å². The molecule has 0 aliphatic carbocycles. The van der Waals surface area contributed by atoms with Crippen molar-refractivity contribution >= 4 is 43.2 Å². The summed E-state index contributed by atoms with van der Waals surface area (Å²) in [5, 5.41) is 3.02. The number of hydrogen-bond donors (Lipinski definition) is 1. The number of nitrogens with one attached hydrogen (secondary N) is 1. The lowest BCUT2D eigenvalue weighted by Gasteiger charge is -2.20. The number of anilines is 1. The van der Waals surface area contributed by atoms with Crippen molar-refractivity contribution in [2.75, 3.05) is 31.2 Å². The normalized spacial score (nSPS) is 15.3. The van der Waals surface area contributed by atoms with Gasteiger partial charge >= 0.3 is 0 Å². The molecule has 3 rings (SSSR count). The third-order valence-corrected chi connectivity index (χ3v) is 8.41. The number of hydrogen-bond acceptors (Lipinski definition) is 5. The van der Waals surface area contributed by atoms with Crippen molar-refractivity contribution in [3.8, 4) is 0 Å². The van der Waals surface area contributed by atoms with Gasteiger partial charge in [0.1, 0.15) is 0 Å². The van der Waals surface area contributed by atoms with Crippen LogP contribution in [-0.4, -0.2) is 57.2 Å². The fourth-order valence-electron chi connectivity index (χ4n) is 3.26. The largest absolute Gasteiger partial charge is 0.325 e. The molecule has 1 aliphatic rings. The third-order valence-electron chi connectivity index (χ3n) is 4.93. The first-order chi connectivity index (χ1) is 14.6. The van der Waals surface area contributed by atoms with Crippen LogP contribution in [0, 0.1) is 0 Å². The van der Waals surface area contributed by atoms with E-state index < -0.39 is 32.5 Å². The Morgan fingerprint density at radius 3 is 2.23 bits per heavy atom. The molecule has 168 valence electrons. The molecule has 31 heavy (non-hydrogen) atoms. The molecule has 1 heterocycles. The molecular weight excluding hydrogens is 462 g/mol. The number of amides is 1. The van der Waals surface area contributed by atoms with E-state index in [0.717, 1.165) is 23.4 Å². The van der Waals surface area contributed by atoms with Crippen LogP contribution in [0.2, 0.25) is 5.02 Å². The highest BCUT2D eigenvalue weighted by molar-refractivity contribution is 7.89. The predicted octanol–water partition coefficient (Wildman–Crippen LogP) is 2.52. The van der Waals surface area contributed by atoms with Gasteiger partial charge in [-0.05, 0) is 48.7 Å². The van der Waals surface area contributed by atoms with Crippen LogP contribution >= 0.6 is 11.6 Å². The molecule has 8 nitrogen and oxygen atoms in total. The van der Waals surface area contributed by atoms with E-state index >= 15 is 0 Å². The quantitative estimate of drug-likeness (QED) is 0.618. The Morgan fingerprint density at radius 2 is 1.65 bits per heavy atom. The summed E-state index contributed by atoms with van der Waals surface area (Å²) in [5.41, 5.74) is 0.954. The first-order valence-electron chi connectivity index (χ1n) is 9.66. The van der Waals surface area contributed by atoms with E-state index in [4.69, 9.17) is 11.6 Å². The van der Waals surface area contributed by atoms with Crippen LogP contribution in [0.4, 0.5) is 5.69 Å². The van der Waals surface area contributed by atoms with Gasteiger partial charge in [-0.3, -0.25) is 4.79 Å². The predicted molar refractivity (Wildman–Crippen MR) is 120 cm³/mol. The summed E-state index contributed by atoms with van der Waals surface area (Å²) in [6.07, 6.45) is 2.71. The van der Waals surface area contributed by atoms with Gasteiger partial charge in [0.25, 0.3) is 0 Å². The topological polar surface area (TPSA) is 104 Å². The van der Waals surface area contributed by atoms with Crippen LogP contribution in [0.1, 0.15) is 18.4 Å². The maximum Gasteiger partial charge on any atom is 0.243 e. The minimum atomic E-state index is -3.67. The van der Waals surface area contributed by atoms with Crippen molar-refractivity contribution in [3.05, 3.63) is 59.1 Å². The highest BCUT2D eigenvalue weighted by Crippen LogP contribution is 2.22. The second kappa shape index (κ2) is 9.66. The number of benzene rings is 2. The highest BCUT2D eigenvalue weighted by atomic mass is 35.5. The van der Waals surface area contributed by atoms with Crippen molar-refractivity contribution in [2.24, 2.45) is 0 Å². The number of carbonyl (C=O) groups excluding carboxylic acids is 1. The third kappa shape index (κ3) is 6.05. The van der Waals surface area contributed by atoms with E-state index in [0.29, 0.717) is 29.4 Å². The summed E-state index contributed by atoms with van der Waals surface area (Å²) >= 11 is 6.11. The molecule has 0 radical (unpaired) electrons. The molecule has 0 bridgehead atoms. The molecule has 11 heteroatoms. The van der Waals surface area contributed by atoms with Gasteiger partial charge in [0.15, 0.2) is 0 Å². The lowest BCUT2D eigenvalue weighted by molar-refractivity contribution is -0.116. The molecule has 1 saturated heterocycles. The fourth-order valence-corrected chi connectivity index (χ4v) is 5.69. The first kappa shape index (κ1) is 23.7. The van der Waals surface area contributed by atoms with Gasteiger partial charge in [0.05, 0.1) is 17.7 Å². The molecule has 0 spiro atoms. The average Bonchev–Trinajstić information content (AvgIpc) is 3.24. The Balaban J connectivity index is 1.67. The Bertz CT molecular complexity index is 1150. The number of rotatable bonds is 8. The number of sulfonamides is 2. The van der Waals surface area contributed by atoms with Gasteiger partial charge in [-0.2, -0.15) is 8.61 Å². The zero-order valence-electron chi connectivity index (χ0n) is 17.0. The van der Waals surface area contributed by atoms with E-state index in [1.54, 1.807) is 24.3 Å². The summed E-state index contributed by atoms with van der Waals surface area (Å²) in [5.74, 6) is -0.548. The van der Waals surface area contributed by atoms with Gasteiger partial charge < -0.3 is 5.32 Å². The van der Waals surface area contributed by atoms with E-state index in [9.17, 15) is 21.6 Å². The number of nitrogens with zero attached hydrogens (tertiary/aromatic N) is 2. The Morgan fingerprint density at radius 1 is 1.03 bits per heavy atom. The Kier molecular flexibility index (Phi) is 7.38. The molecule has 0 atom stereocenters. The lowest BCUT2D eigenvalue weighted by atomic mass is 10.2. The van der Waals surface area contributed by atoms with Crippen LogP contribution < -0.4 is 5.32 Å². The standard InChI is InChI=1S/C20H24ClN3O5S2/c1-30(26,27)24(14-16-6-2-3-7-19(16)21)15-20(25)22-17-8-10-18(11-9-17)31(28,29)23-12-4-5-13-23/h2-3,6-11H,4-5,12-15H2,1H3,(H,22,25). The first-order valence-corrected chi connectivity index (χ1v) is 13.3. The zero-order chi connectivity index (χ0) is 22.6. The Labute approximate surface area is 187 Å². The van der Waals surface area contributed by atoms with Crippen molar-refractivity contribution in [1.29, 1.82) is 0 Å². The maximum atomic E-state index is 12.6. The molecule has 1 N–H and O–H groups in total. The Hall–Kier alpha value is -1.98. The summed E-state index contributed by atoms with van der Waals surface area (Å²) in [4.78, 5) is 12.6. The zero-order valence-corrected chi connectivity index (χ0v) is 19.4. The molecule has 2 aromatic carbocycles. The van der Waals surface area contributed by atoms with Gasteiger partial charge in [0.2, 0.25) is 26.0 Å². The van der Waals surface area contributed by atoms with Gasteiger partial charge in [-0.25, -0.2) is 16.8 Å². The van der Waals surface area contributed by atoms with Crippen molar-refractivity contribution < 1.29 is 21.6 Å². The van der Waals surface area contributed by atoms with Gasteiger partial charge in [0, 0.05) is 30.3 Å². The molecule has 1 aliphatic heterocycles. The maximum absolute atomic E-state index is 12.6. The monoisotopic (exact) mass is 485 g/mol. The smallest absolute Gasteiger partial charge is 0.243 e. The second-order valence-electron chi connectivity index (χ2n) is 7.31. The lowest BCUT2D eigenvalue weighted by Crippen LogP contribution is -2.37. The minimum Gasteiger partial charge on any atom is -0.325 e. The van der Waals surface area contributed by atoms with Crippen LogP contribution in [0.5, 0.6) is 0 Å². The van der Waals surface area contributed by atoms with Gasteiger partial charge in [-0.15, -0.1) is 0 Å². The molecular formula is C20H24ClN3O5S2. The van der Waals surface area contributed by atoms with E-state index in [2.05, 4.69) is 5.32 Å². The highest BCUT2D eigenvalue weighted by Gasteiger charge is 2.27. The van der Waals surface area contributed by atoms with Crippen LogP contribution in [0.25, 0.3) is 0 Å². The summed E-state index contributed by atoms with van der Waals surface area (Å²) in [7, 11) is -7.21. The fraction of sp³-hybridized carbons (Fsp3) is 0.350. The van der Waals surface area contributed by atoms with Crippen molar-refractivity contribution in [3.63, 3.8) is 0 Å². The van der Waals surface area contributed by atoms with E-state index in [-0.39, 0.29) is 11.4 Å². The van der Waals surface area contributed by atoms with Crippen LogP contribution in [0.15, 0.2) is 53.4 Å². The summed E-state index contributed by atoms with van der Waals surface area (Å²) in [6, 6.07) is 12.6. The second-order valence-corrected chi connectivity index (χ2v) is 11.6. The van der Waals surface area contributed by atoms with Crippen LogP contribution in [-0.2, 0) is 31.4 Å². The molecule has 2 aromatic rings. The number of halogens is 1.